The number of aliphatic hydroxyl groups is 4. The van der Waals surface area contributed by atoms with Gasteiger partial charge in [-0.1, -0.05) is 0 Å². The number of hydrogen-bond acceptors (Lipinski definition) is 6. The first-order chi connectivity index (χ1) is 8.83. The number of rotatable bonds is 8. The summed E-state index contributed by atoms with van der Waals surface area (Å²) in [4.78, 5) is 23.7. The quantitative estimate of drug-likeness (QED) is 0.261. The molecule has 0 saturated carbocycles. The summed E-state index contributed by atoms with van der Waals surface area (Å²) in [5, 5.41) is 40.1. The van der Waals surface area contributed by atoms with Crippen molar-refractivity contribution in [1.82, 2.24) is 10.6 Å². The van der Waals surface area contributed by atoms with Crippen LogP contribution < -0.4 is 10.6 Å². The molecular weight excluding hydrogens is 256 g/mol. The summed E-state index contributed by atoms with van der Waals surface area (Å²) in [5.74, 6) is -1.35. The van der Waals surface area contributed by atoms with Gasteiger partial charge in [0.2, 0.25) is 11.8 Å². The molecule has 0 bridgehead atoms. The Labute approximate surface area is 111 Å². The Morgan fingerprint density at radius 3 is 1.32 bits per heavy atom. The van der Waals surface area contributed by atoms with Crippen molar-refractivity contribution >= 4 is 11.8 Å². The molecule has 0 fully saturated rings. The molecule has 0 aliphatic heterocycles. The molecule has 0 aliphatic carbocycles. The van der Waals surface area contributed by atoms with Gasteiger partial charge in [0.25, 0.3) is 0 Å². The first-order valence-corrected chi connectivity index (χ1v) is 5.88. The van der Waals surface area contributed by atoms with Crippen LogP contribution in [0.15, 0.2) is 0 Å². The van der Waals surface area contributed by atoms with E-state index in [9.17, 15) is 9.59 Å². The molecule has 0 rings (SSSR count). The molecule has 0 aromatic heterocycles. The Hall–Kier alpha value is -1.22. The summed E-state index contributed by atoms with van der Waals surface area (Å²) in [6.07, 6.45) is 0. The summed E-state index contributed by atoms with van der Waals surface area (Å²) < 4.78 is 0. The van der Waals surface area contributed by atoms with E-state index in [1.807, 2.05) is 0 Å². The molecule has 0 aromatic rings. The molecule has 0 heterocycles. The highest BCUT2D eigenvalue weighted by Gasteiger charge is 2.37. The number of carbonyl (C=O) groups excluding carboxylic acids is 2. The van der Waals surface area contributed by atoms with Crippen LogP contribution in [0.25, 0.3) is 0 Å². The first kappa shape index (κ1) is 17.8. The Morgan fingerprint density at radius 1 is 0.842 bits per heavy atom. The van der Waals surface area contributed by atoms with Crippen LogP contribution in [0.2, 0.25) is 0 Å². The fraction of sp³-hybridized carbons (Fsp3) is 0.818. The molecule has 0 unspecified atom stereocenters. The summed E-state index contributed by atoms with van der Waals surface area (Å²) >= 11 is 0. The molecular formula is C11H22N2O6. The number of amides is 2. The van der Waals surface area contributed by atoms with Crippen LogP contribution in [-0.4, -0.2) is 70.8 Å². The molecule has 6 N–H and O–H groups in total. The lowest BCUT2D eigenvalue weighted by molar-refractivity contribution is -0.143. The normalized spacial score (nSPS) is 11.8. The topological polar surface area (TPSA) is 139 Å². The van der Waals surface area contributed by atoms with E-state index in [4.69, 9.17) is 20.4 Å². The van der Waals surface area contributed by atoms with Crippen LogP contribution in [0.3, 0.4) is 0 Å². The Balaban J connectivity index is 4.66. The van der Waals surface area contributed by atoms with Gasteiger partial charge in [-0.2, -0.15) is 0 Å². The van der Waals surface area contributed by atoms with E-state index in [1.54, 1.807) is 0 Å². The van der Waals surface area contributed by atoms with Crippen molar-refractivity contribution in [3.05, 3.63) is 0 Å². The summed E-state index contributed by atoms with van der Waals surface area (Å²) in [5.41, 5.74) is -1.47. The van der Waals surface area contributed by atoms with Gasteiger partial charge in [-0.25, -0.2) is 0 Å². The van der Waals surface area contributed by atoms with E-state index in [-0.39, 0.29) is 0 Å². The SMILES string of the molecule is CC(C)(C(=O)NC(CO)CO)C(=O)NC(CO)CO. The van der Waals surface area contributed by atoms with Crippen molar-refractivity contribution in [2.75, 3.05) is 26.4 Å². The Kier molecular flexibility index (Phi) is 7.53. The van der Waals surface area contributed by atoms with Gasteiger partial charge in [-0.15, -0.1) is 0 Å². The number of hydrogen-bond donors (Lipinski definition) is 6. The van der Waals surface area contributed by atoms with Crippen LogP contribution in [0.5, 0.6) is 0 Å². The highest BCUT2D eigenvalue weighted by atomic mass is 16.3. The van der Waals surface area contributed by atoms with Crippen LogP contribution in [-0.2, 0) is 9.59 Å². The molecule has 2 amide bonds. The predicted molar refractivity (Wildman–Crippen MR) is 66.0 cm³/mol. The van der Waals surface area contributed by atoms with Gasteiger partial charge in [-0.05, 0) is 13.8 Å². The van der Waals surface area contributed by atoms with Crippen LogP contribution in [0, 0.1) is 5.41 Å². The molecule has 8 nitrogen and oxygen atoms in total. The number of nitrogens with one attached hydrogen (secondary N) is 2. The minimum atomic E-state index is -1.47. The monoisotopic (exact) mass is 278 g/mol. The highest BCUT2D eigenvalue weighted by Crippen LogP contribution is 2.16. The largest absolute Gasteiger partial charge is 0.394 e. The molecule has 0 aromatic carbocycles. The summed E-state index contributed by atoms with van der Waals surface area (Å²) in [6, 6.07) is -1.68. The lowest BCUT2D eigenvalue weighted by atomic mass is 9.90. The lowest BCUT2D eigenvalue weighted by Gasteiger charge is -2.26. The lowest BCUT2D eigenvalue weighted by Crippen LogP contribution is -2.54. The minimum Gasteiger partial charge on any atom is -0.394 e. The minimum absolute atomic E-state index is 0.449. The van der Waals surface area contributed by atoms with Gasteiger partial charge >= 0.3 is 0 Å². The van der Waals surface area contributed by atoms with E-state index in [1.165, 1.54) is 13.8 Å². The van der Waals surface area contributed by atoms with Crippen molar-refractivity contribution < 1.29 is 30.0 Å². The molecule has 112 valence electrons. The van der Waals surface area contributed by atoms with E-state index < -0.39 is 55.7 Å². The van der Waals surface area contributed by atoms with E-state index in [2.05, 4.69) is 10.6 Å². The zero-order chi connectivity index (χ0) is 15.1. The van der Waals surface area contributed by atoms with Gasteiger partial charge in [-0.3, -0.25) is 9.59 Å². The third-order valence-corrected chi connectivity index (χ3v) is 2.69. The van der Waals surface area contributed by atoms with Gasteiger partial charge in [0.1, 0.15) is 5.41 Å². The summed E-state index contributed by atoms with van der Waals surface area (Å²) in [7, 11) is 0. The zero-order valence-corrected chi connectivity index (χ0v) is 11.1. The standard InChI is InChI=1S/C11H22N2O6/c1-11(2,9(18)12-7(3-14)4-15)10(19)13-8(5-16)6-17/h7-8,14-17H,3-6H2,1-2H3,(H,12,18)(H,13,19). The van der Waals surface area contributed by atoms with Crippen molar-refractivity contribution in [3.63, 3.8) is 0 Å². The molecule has 0 radical (unpaired) electrons. The Morgan fingerprint density at radius 2 is 1.11 bits per heavy atom. The van der Waals surface area contributed by atoms with E-state index in [0.29, 0.717) is 0 Å². The molecule has 0 saturated heterocycles. The van der Waals surface area contributed by atoms with Crippen LogP contribution in [0.1, 0.15) is 13.8 Å². The smallest absolute Gasteiger partial charge is 0.235 e. The number of carbonyl (C=O) groups is 2. The molecule has 19 heavy (non-hydrogen) atoms. The second-order valence-corrected chi connectivity index (χ2v) is 4.70. The third-order valence-electron chi connectivity index (χ3n) is 2.69. The van der Waals surface area contributed by atoms with Crippen molar-refractivity contribution in [1.29, 1.82) is 0 Å². The zero-order valence-electron chi connectivity index (χ0n) is 11.1. The van der Waals surface area contributed by atoms with Gasteiger partial charge in [0, 0.05) is 0 Å². The maximum atomic E-state index is 11.9. The van der Waals surface area contributed by atoms with Crippen LogP contribution >= 0.6 is 0 Å². The van der Waals surface area contributed by atoms with E-state index in [0.717, 1.165) is 0 Å². The average Bonchev–Trinajstić information content (AvgIpc) is 2.41. The maximum absolute atomic E-state index is 11.9. The van der Waals surface area contributed by atoms with Crippen molar-refractivity contribution in [3.8, 4) is 0 Å². The van der Waals surface area contributed by atoms with Crippen molar-refractivity contribution in [2.45, 2.75) is 25.9 Å². The summed E-state index contributed by atoms with van der Waals surface area (Å²) in [6.45, 7) is 0.919. The fourth-order valence-corrected chi connectivity index (χ4v) is 1.13. The second-order valence-electron chi connectivity index (χ2n) is 4.70. The molecule has 0 spiro atoms. The third kappa shape index (κ3) is 5.11. The molecule has 0 aliphatic rings. The van der Waals surface area contributed by atoms with Gasteiger partial charge in [0.15, 0.2) is 0 Å². The van der Waals surface area contributed by atoms with Crippen molar-refractivity contribution in [2.24, 2.45) is 5.41 Å². The molecule has 8 heteroatoms. The Bertz CT molecular complexity index is 272. The maximum Gasteiger partial charge on any atom is 0.235 e. The number of aliphatic hydroxyl groups excluding tert-OH is 4. The van der Waals surface area contributed by atoms with Crippen LogP contribution in [0.4, 0.5) is 0 Å². The first-order valence-electron chi connectivity index (χ1n) is 5.88. The molecule has 0 atom stereocenters. The van der Waals surface area contributed by atoms with Gasteiger partial charge < -0.3 is 31.1 Å². The fourth-order valence-electron chi connectivity index (χ4n) is 1.13. The average molecular weight is 278 g/mol. The van der Waals surface area contributed by atoms with E-state index >= 15 is 0 Å². The predicted octanol–water partition coefficient (Wildman–Crippen LogP) is -3.05. The van der Waals surface area contributed by atoms with Gasteiger partial charge in [0.05, 0.1) is 38.5 Å². The second kappa shape index (κ2) is 8.05. The highest BCUT2D eigenvalue weighted by molar-refractivity contribution is 6.04.